The van der Waals surface area contributed by atoms with Crippen molar-refractivity contribution >= 4 is 29.4 Å². The van der Waals surface area contributed by atoms with Gasteiger partial charge >= 0.3 is 6.03 Å². The van der Waals surface area contributed by atoms with E-state index in [2.05, 4.69) is 10.6 Å². The SMILES string of the molecule is CC(C)N(Cc1ccc(/C=C/C(=O)Nc2ccccc2N)cc1)C(=O)NC1CCCCC1. The lowest BCUT2D eigenvalue weighted by molar-refractivity contribution is -0.111. The number of amides is 3. The van der Waals surface area contributed by atoms with Gasteiger partial charge in [0.05, 0.1) is 11.4 Å². The Morgan fingerprint density at radius 3 is 2.41 bits per heavy atom. The zero-order chi connectivity index (χ0) is 22.9. The molecule has 6 heteroatoms. The number of rotatable bonds is 7. The van der Waals surface area contributed by atoms with Gasteiger partial charge in [0.1, 0.15) is 0 Å². The zero-order valence-electron chi connectivity index (χ0n) is 19.0. The maximum absolute atomic E-state index is 12.8. The molecule has 0 atom stereocenters. The average molecular weight is 435 g/mol. The molecular weight excluding hydrogens is 400 g/mol. The Morgan fingerprint density at radius 2 is 1.75 bits per heavy atom. The van der Waals surface area contributed by atoms with Crippen LogP contribution in [0.2, 0.25) is 0 Å². The van der Waals surface area contributed by atoms with E-state index in [4.69, 9.17) is 5.73 Å². The minimum atomic E-state index is -0.239. The van der Waals surface area contributed by atoms with Crippen molar-refractivity contribution in [1.29, 1.82) is 0 Å². The highest BCUT2D eigenvalue weighted by molar-refractivity contribution is 6.03. The number of anilines is 2. The molecule has 3 rings (SSSR count). The molecular formula is C26H34N4O2. The minimum Gasteiger partial charge on any atom is -0.397 e. The number of benzene rings is 2. The van der Waals surface area contributed by atoms with Crippen LogP contribution in [0.5, 0.6) is 0 Å². The van der Waals surface area contributed by atoms with Gasteiger partial charge in [-0.2, -0.15) is 0 Å². The summed E-state index contributed by atoms with van der Waals surface area (Å²) in [5, 5.41) is 5.99. The van der Waals surface area contributed by atoms with Crippen molar-refractivity contribution in [1.82, 2.24) is 10.2 Å². The van der Waals surface area contributed by atoms with E-state index >= 15 is 0 Å². The quantitative estimate of drug-likeness (QED) is 0.415. The third kappa shape index (κ3) is 6.87. The van der Waals surface area contributed by atoms with Gasteiger partial charge in [0.25, 0.3) is 0 Å². The number of carbonyl (C=O) groups is 2. The molecule has 170 valence electrons. The largest absolute Gasteiger partial charge is 0.397 e. The van der Waals surface area contributed by atoms with Crippen LogP contribution in [0.15, 0.2) is 54.6 Å². The molecule has 0 heterocycles. The molecule has 2 aromatic carbocycles. The summed E-state index contributed by atoms with van der Waals surface area (Å²) in [6, 6.07) is 15.5. The molecule has 0 aliphatic heterocycles. The van der Waals surface area contributed by atoms with E-state index in [1.54, 1.807) is 18.2 Å². The van der Waals surface area contributed by atoms with E-state index in [9.17, 15) is 9.59 Å². The number of nitrogen functional groups attached to an aromatic ring is 1. The molecule has 0 spiro atoms. The van der Waals surface area contributed by atoms with Crippen molar-refractivity contribution in [2.75, 3.05) is 11.1 Å². The Morgan fingerprint density at radius 1 is 1.06 bits per heavy atom. The van der Waals surface area contributed by atoms with Gasteiger partial charge in [-0.25, -0.2) is 4.79 Å². The summed E-state index contributed by atoms with van der Waals surface area (Å²) in [7, 11) is 0. The van der Waals surface area contributed by atoms with E-state index in [1.165, 1.54) is 25.3 Å². The average Bonchev–Trinajstić information content (AvgIpc) is 2.79. The summed E-state index contributed by atoms with van der Waals surface area (Å²) in [6.07, 6.45) is 9.04. The van der Waals surface area contributed by atoms with Crippen molar-refractivity contribution in [2.45, 2.75) is 64.6 Å². The van der Waals surface area contributed by atoms with Gasteiger partial charge in [-0.05, 0) is 56.0 Å². The fraction of sp³-hybridized carbons (Fsp3) is 0.385. The highest BCUT2D eigenvalue weighted by Gasteiger charge is 2.21. The first-order chi connectivity index (χ1) is 15.4. The van der Waals surface area contributed by atoms with Gasteiger partial charge < -0.3 is 21.3 Å². The number of carbonyl (C=O) groups excluding carboxylic acids is 2. The van der Waals surface area contributed by atoms with Crippen LogP contribution in [0.3, 0.4) is 0 Å². The molecule has 32 heavy (non-hydrogen) atoms. The number of urea groups is 1. The van der Waals surface area contributed by atoms with Crippen molar-refractivity contribution in [3.63, 3.8) is 0 Å². The summed E-state index contributed by atoms with van der Waals surface area (Å²) in [5.74, 6) is -0.239. The number of nitrogens with one attached hydrogen (secondary N) is 2. The number of nitrogens with zero attached hydrogens (tertiary/aromatic N) is 1. The van der Waals surface area contributed by atoms with Crippen LogP contribution in [-0.4, -0.2) is 28.9 Å². The summed E-state index contributed by atoms with van der Waals surface area (Å²) in [6.45, 7) is 4.62. The van der Waals surface area contributed by atoms with Gasteiger partial charge in [0.2, 0.25) is 5.91 Å². The Balaban J connectivity index is 1.56. The number of hydrogen-bond acceptors (Lipinski definition) is 3. The van der Waals surface area contributed by atoms with Gasteiger partial charge in [0.15, 0.2) is 0 Å². The molecule has 2 aromatic rings. The second-order valence-corrected chi connectivity index (χ2v) is 8.66. The number of hydrogen-bond donors (Lipinski definition) is 3. The van der Waals surface area contributed by atoms with Gasteiger partial charge in [-0.1, -0.05) is 55.7 Å². The fourth-order valence-corrected chi connectivity index (χ4v) is 3.88. The third-order valence-electron chi connectivity index (χ3n) is 5.80. The smallest absolute Gasteiger partial charge is 0.318 e. The third-order valence-corrected chi connectivity index (χ3v) is 5.80. The molecule has 1 aliphatic rings. The maximum Gasteiger partial charge on any atom is 0.318 e. The fourth-order valence-electron chi connectivity index (χ4n) is 3.88. The van der Waals surface area contributed by atoms with Crippen LogP contribution in [0.4, 0.5) is 16.2 Å². The minimum absolute atomic E-state index is 0.00716. The second-order valence-electron chi connectivity index (χ2n) is 8.66. The normalized spacial score (nSPS) is 14.5. The first-order valence-corrected chi connectivity index (χ1v) is 11.4. The summed E-state index contributed by atoms with van der Waals surface area (Å²) in [4.78, 5) is 26.9. The summed E-state index contributed by atoms with van der Waals surface area (Å²) >= 11 is 0. The van der Waals surface area contributed by atoms with Gasteiger partial charge in [-0.15, -0.1) is 0 Å². The van der Waals surface area contributed by atoms with Gasteiger partial charge in [-0.3, -0.25) is 4.79 Å². The molecule has 4 N–H and O–H groups in total. The molecule has 1 fully saturated rings. The van der Waals surface area contributed by atoms with Crippen LogP contribution in [-0.2, 0) is 11.3 Å². The Bertz CT molecular complexity index is 931. The summed E-state index contributed by atoms with van der Waals surface area (Å²) < 4.78 is 0. The molecule has 3 amide bonds. The Hall–Kier alpha value is -3.28. The maximum atomic E-state index is 12.8. The first kappa shape index (κ1) is 23.4. The highest BCUT2D eigenvalue weighted by atomic mass is 16.2. The van der Waals surface area contributed by atoms with E-state index in [0.717, 1.165) is 24.0 Å². The van der Waals surface area contributed by atoms with Crippen molar-refractivity contribution < 1.29 is 9.59 Å². The van der Waals surface area contributed by atoms with Gasteiger partial charge in [0, 0.05) is 24.7 Å². The number of nitrogens with two attached hydrogens (primary N) is 1. The van der Waals surface area contributed by atoms with E-state index in [1.807, 2.05) is 55.1 Å². The lowest BCUT2D eigenvalue weighted by Crippen LogP contribution is -2.47. The van der Waals surface area contributed by atoms with Crippen LogP contribution in [0, 0.1) is 0 Å². The molecule has 0 bridgehead atoms. The lowest BCUT2D eigenvalue weighted by atomic mass is 9.96. The molecule has 0 unspecified atom stereocenters. The van der Waals surface area contributed by atoms with Crippen molar-refractivity contribution in [3.05, 3.63) is 65.7 Å². The second kappa shape index (κ2) is 11.4. The van der Waals surface area contributed by atoms with Crippen LogP contribution >= 0.6 is 0 Å². The molecule has 0 aromatic heterocycles. The standard InChI is InChI=1S/C26H34N4O2/c1-19(2)30(26(32)28-22-8-4-3-5-9-22)18-21-14-12-20(13-15-21)16-17-25(31)29-24-11-7-6-10-23(24)27/h6-7,10-17,19,22H,3-5,8-9,18,27H2,1-2H3,(H,28,32)(H,29,31)/b17-16+. The van der Waals surface area contributed by atoms with E-state index in [-0.39, 0.29) is 18.0 Å². The Kier molecular flexibility index (Phi) is 8.31. The molecule has 0 radical (unpaired) electrons. The van der Waals surface area contributed by atoms with Crippen molar-refractivity contribution in [3.8, 4) is 0 Å². The predicted molar refractivity (Wildman–Crippen MR) is 131 cm³/mol. The lowest BCUT2D eigenvalue weighted by Gasteiger charge is -2.31. The molecule has 6 nitrogen and oxygen atoms in total. The summed E-state index contributed by atoms with van der Waals surface area (Å²) in [5.41, 5.74) is 8.94. The highest BCUT2D eigenvalue weighted by Crippen LogP contribution is 2.19. The molecule has 1 saturated carbocycles. The first-order valence-electron chi connectivity index (χ1n) is 11.4. The van der Waals surface area contributed by atoms with Crippen molar-refractivity contribution in [2.24, 2.45) is 0 Å². The zero-order valence-corrected chi connectivity index (χ0v) is 19.0. The van der Waals surface area contributed by atoms with Crippen LogP contribution in [0.25, 0.3) is 6.08 Å². The van der Waals surface area contributed by atoms with E-state index < -0.39 is 0 Å². The molecule has 1 aliphatic carbocycles. The van der Waals surface area contributed by atoms with Crippen LogP contribution in [0.1, 0.15) is 57.1 Å². The Labute approximate surface area is 190 Å². The predicted octanol–water partition coefficient (Wildman–Crippen LogP) is 5.17. The monoisotopic (exact) mass is 434 g/mol. The molecule has 0 saturated heterocycles. The number of para-hydroxylation sites is 2. The van der Waals surface area contributed by atoms with Crippen LogP contribution < -0.4 is 16.4 Å². The topological polar surface area (TPSA) is 87.5 Å². The van der Waals surface area contributed by atoms with E-state index in [0.29, 0.717) is 24.0 Å².